The Labute approximate surface area is 194 Å². The molecular weight excluding hydrogens is 424 g/mol. The van der Waals surface area contributed by atoms with Crippen LogP contribution in [0.15, 0.2) is 24.3 Å². The number of nitrogens with zero attached hydrogens (tertiary/aromatic N) is 2. The maximum absolute atomic E-state index is 13.6. The van der Waals surface area contributed by atoms with E-state index in [1.165, 1.54) is 0 Å². The predicted molar refractivity (Wildman–Crippen MR) is 119 cm³/mol. The summed E-state index contributed by atoms with van der Waals surface area (Å²) in [6.07, 6.45) is 0.181. The molecule has 8 nitrogen and oxygen atoms in total. The Hall–Kier alpha value is -2.90. The maximum atomic E-state index is 13.6. The molecule has 0 N–H and O–H groups in total. The monoisotopic (exact) mass is 456 g/mol. The Morgan fingerprint density at radius 1 is 0.788 bits per heavy atom. The van der Waals surface area contributed by atoms with Gasteiger partial charge in [-0.2, -0.15) is 0 Å². The molecule has 0 atom stereocenters. The van der Waals surface area contributed by atoms with Crippen LogP contribution in [0.5, 0.6) is 0 Å². The summed E-state index contributed by atoms with van der Waals surface area (Å²) in [4.78, 5) is 56.2. The number of piperidine rings is 2. The van der Waals surface area contributed by atoms with Gasteiger partial charge in [0.05, 0.1) is 36.2 Å². The lowest BCUT2D eigenvalue weighted by Crippen LogP contribution is -2.65. The van der Waals surface area contributed by atoms with Crippen molar-refractivity contribution < 1.29 is 28.7 Å². The zero-order valence-corrected chi connectivity index (χ0v) is 19.8. The summed E-state index contributed by atoms with van der Waals surface area (Å²) in [6.45, 7) is 8.49. The van der Waals surface area contributed by atoms with E-state index in [4.69, 9.17) is 9.47 Å². The van der Waals surface area contributed by atoms with Crippen LogP contribution in [0.2, 0.25) is 0 Å². The van der Waals surface area contributed by atoms with Crippen molar-refractivity contribution in [3.05, 3.63) is 35.4 Å². The third kappa shape index (κ3) is 4.61. The zero-order valence-electron chi connectivity index (χ0n) is 19.8. The van der Waals surface area contributed by atoms with Crippen molar-refractivity contribution in [2.24, 2.45) is 10.8 Å². The van der Waals surface area contributed by atoms with Crippen LogP contribution in [0.4, 0.5) is 0 Å². The average molecular weight is 457 g/mol. The molecule has 8 heteroatoms. The summed E-state index contributed by atoms with van der Waals surface area (Å²) < 4.78 is 10.9. The van der Waals surface area contributed by atoms with Gasteiger partial charge in [0.1, 0.15) is 0 Å². The Bertz CT molecular complexity index is 896. The average Bonchev–Trinajstić information content (AvgIpc) is 2.72. The number of hydrogen-bond acceptors (Lipinski definition) is 6. The highest BCUT2D eigenvalue weighted by Crippen LogP contribution is 2.51. The number of rotatable bonds is 6. The molecule has 33 heavy (non-hydrogen) atoms. The van der Waals surface area contributed by atoms with Crippen LogP contribution < -0.4 is 0 Å². The Kier molecular flexibility index (Phi) is 5.97. The molecule has 4 aliphatic rings. The van der Waals surface area contributed by atoms with E-state index in [1.54, 1.807) is 61.8 Å². The van der Waals surface area contributed by atoms with Crippen LogP contribution in [0.3, 0.4) is 0 Å². The minimum Gasteiger partial charge on any atom is -0.463 e. The molecule has 4 aliphatic heterocycles. The van der Waals surface area contributed by atoms with Crippen molar-refractivity contribution in [2.45, 2.75) is 59.2 Å². The van der Waals surface area contributed by atoms with Gasteiger partial charge >= 0.3 is 11.9 Å². The number of amides is 2. The van der Waals surface area contributed by atoms with Gasteiger partial charge in [-0.05, 0) is 46.2 Å². The molecule has 178 valence electrons. The maximum Gasteiger partial charge on any atom is 0.306 e. The van der Waals surface area contributed by atoms with E-state index in [9.17, 15) is 19.2 Å². The summed E-state index contributed by atoms with van der Waals surface area (Å²) in [7, 11) is 0. The van der Waals surface area contributed by atoms with Gasteiger partial charge in [-0.3, -0.25) is 19.2 Å². The van der Waals surface area contributed by atoms with Gasteiger partial charge in [-0.25, -0.2) is 0 Å². The fourth-order valence-electron chi connectivity index (χ4n) is 5.90. The molecule has 5 rings (SSSR count). The van der Waals surface area contributed by atoms with E-state index in [0.29, 0.717) is 43.7 Å². The molecule has 0 radical (unpaired) electrons. The first-order chi connectivity index (χ1) is 15.5. The first-order valence-corrected chi connectivity index (χ1v) is 11.6. The minimum absolute atomic E-state index is 0.0794. The van der Waals surface area contributed by atoms with E-state index in [0.717, 1.165) is 0 Å². The van der Waals surface area contributed by atoms with Crippen molar-refractivity contribution in [3.63, 3.8) is 0 Å². The van der Waals surface area contributed by atoms with Gasteiger partial charge in [0.25, 0.3) is 11.8 Å². The highest BCUT2D eigenvalue weighted by atomic mass is 16.5. The number of esters is 2. The Morgan fingerprint density at radius 2 is 1.15 bits per heavy atom. The smallest absolute Gasteiger partial charge is 0.306 e. The van der Waals surface area contributed by atoms with Crippen LogP contribution >= 0.6 is 0 Å². The number of hydrogen-bond donors (Lipinski definition) is 0. The molecule has 2 saturated heterocycles. The largest absolute Gasteiger partial charge is 0.463 e. The lowest BCUT2D eigenvalue weighted by atomic mass is 9.61. The van der Waals surface area contributed by atoms with E-state index in [1.807, 2.05) is 0 Å². The van der Waals surface area contributed by atoms with E-state index >= 15 is 0 Å². The van der Waals surface area contributed by atoms with Gasteiger partial charge in [-0.15, -0.1) is 0 Å². The Morgan fingerprint density at radius 3 is 1.48 bits per heavy atom. The summed E-state index contributed by atoms with van der Waals surface area (Å²) in [5.41, 5.74) is -0.659. The van der Waals surface area contributed by atoms with Crippen molar-refractivity contribution in [1.82, 2.24) is 9.80 Å². The number of ether oxygens (including phenoxy) is 2. The quantitative estimate of drug-likeness (QED) is 0.611. The van der Waals surface area contributed by atoms with E-state index in [2.05, 4.69) is 0 Å². The summed E-state index contributed by atoms with van der Waals surface area (Å²) in [5, 5.41) is 0. The number of carbonyl (C=O) groups excluding carboxylic acids is 4. The Balaban J connectivity index is 1.77. The second-order valence-electron chi connectivity index (χ2n) is 10.5. The zero-order chi connectivity index (χ0) is 24.0. The predicted octanol–water partition coefficient (Wildman–Crippen LogP) is 2.66. The molecule has 4 bridgehead atoms. The summed E-state index contributed by atoms with van der Waals surface area (Å²) in [5.74, 6) is -1.20. The fraction of sp³-hybridized carbons (Fsp3) is 0.600. The van der Waals surface area contributed by atoms with Gasteiger partial charge in [0.2, 0.25) is 0 Å². The van der Waals surface area contributed by atoms with Gasteiger partial charge in [0, 0.05) is 37.0 Å². The van der Waals surface area contributed by atoms with Crippen LogP contribution in [-0.2, 0) is 19.1 Å². The number of benzene rings is 1. The lowest BCUT2D eigenvalue weighted by Gasteiger charge is -2.57. The third-order valence-corrected chi connectivity index (χ3v) is 6.59. The molecule has 4 heterocycles. The van der Waals surface area contributed by atoms with Crippen molar-refractivity contribution in [1.29, 1.82) is 0 Å². The van der Waals surface area contributed by atoms with E-state index < -0.39 is 10.8 Å². The molecule has 2 fully saturated rings. The van der Waals surface area contributed by atoms with E-state index in [-0.39, 0.29) is 48.8 Å². The highest BCUT2D eigenvalue weighted by Gasteiger charge is 2.57. The molecule has 0 unspecified atom stereocenters. The molecule has 0 aliphatic carbocycles. The molecule has 0 aromatic heterocycles. The first-order valence-electron chi connectivity index (χ1n) is 11.6. The summed E-state index contributed by atoms with van der Waals surface area (Å²) >= 11 is 0. The first kappa shape index (κ1) is 23.3. The molecule has 2 amide bonds. The number of carbonyl (C=O) groups is 4. The van der Waals surface area contributed by atoms with Crippen LogP contribution in [0.25, 0.3) is 0 Å². The molecular formula is C25H32N2O6. The molecule has 0 saturated carbocycles. The lowest BCUT2D eigenvalue weighted by molar-refractivity contribution is -0.160. The summed E-state index contributed by atoms with van der Waals surface area (Å²) in [6, 6.07) is 6.83. The molecule has 0 spiro atoms. The topological polar surface area (TPSA) is 93.2 Å². The van der Waals surface area contributed by atoms with Crippen LogP contribution in [-0.4, -0.2) is 71.9 Å². The second kappa shape index (κ2) is 8.47. The third-order valence-electron chi connectivity index (χ3n) is 6.59. The minimum atomic E-state index is -0.687. The SMILES string of the molecule is CC(C)OC(=O)CC12CN3CC(CC(=O)OC(C)C)(CN(C1)C(=O)c1ccccc1C3=O)C2. The van der Waals surface area contributed by atoms with Crippen molar-refractivity contribution in [3.8, 4) is 0 Å². The standard InChI is InChI=1S/C25H32N2O6/c1-16(2)32-20(28)9-24-11-25(10-21(29)33-17(3)4)14-26(12-24)22(30)18-7-5-6-8-19(18)23(31)27(13-24)15-25/h5-8,16-17H,9-15H2,1-4H3. The van der Waals surface area contributed by atoms with Crippen LogP contribution in [0.1, 0.15) is 67.7 Å². The normalized spacial score (nSPS) is 26.2. The van der Waals surface area contributed by atoms with Gasteiger partial charge < -0.3 is 19.3 Å². The van der Waals surface area contributed by atoms with Crippen molar-refractivity contribution >= 4 is 23.8 Å². The van der Waals surface area contributed by atoms with Gasteiger partial charge in [-0.1, -0.05) is 12.1 Å². The highest BCUT2D eigenvalue weighted by molar-refractivity contribution is 6.07. The fourth-order valence-corrected chi connectivity index (χ4v) is 5.90. The molecule has 1 aromatic carbocycles. The molecule has 1 aromatic rings. The van der Waals surface area contributed by atoms with Crippen molar-refractivity contribution in [2.75, 3.05) is 26.2 Å². The van der Waals surface area contributed by atoms with Crippen LogP contribution in [0, 0.1) is 10.8 Å². The second-order valence-corrected chi connectivity index (χ2v) is 10.5. The van der Waals surface area contributed by atoms with Gasteiger partial charge in [0.15, 0.2) is 0 Å².